The second-order valence-corrected chi connectivity index (χ2v) is 6.18. The van der Waals surface area contributed by atoms with Crippen molar-refractivity contribution in [2.45, 2.75) is 37.6 Å². The average molecular weight is 316 g/mol. The Hall–Kier alpha value is -2.22. The van der Waals surface area contributed by atoms with E-state index in [2.05, 4.69) is 25.7 Å². The van der Waals surface area contributed by atoms with Gasteiger partial charge >= 0.3 is 0 Å². The molecule has 1 atom stereocenters. The Morgan fingerprint density at radius 3 is 2.73 bits per heavy atom. The third-order valence-corrected chi connectivity index (χ3v) is 4.17. The van der Waals surface area contributed by atoms with E-state index in [4.69, 9.17) is 4.52 Å². The van der Waals surface area contributed by atoms with Crippen LogP contribution in [-0.4, -0.2) is 30.3 Å². The van der Waals surface area contributed by atoms with E-state index in [1.54, 1.807) is 4.68 Å². The normalized spacial score (nSPS) is 12.5. The van der Waals surface area contributed by atoms with Crippen molar-refractivity contribution in [2.75, 3.05) is 0 Å². The highest BCUT2D eigenvalue weighted by molar-refractivity contribution is 7.99. The van der Waals surface area contributed by atoms with Crippen LogP contribution in [0.25, 0.3) is 5.69 Å². The van der Waals surface area contributed by atoms with Gasteiger partial charge in [0.25, 0.3) is 0 Å². The van der Waals surface area contributed by atoms with E-state index in [9.17, 15) is 0 Å². The lowest BCUT2D eigenvalue weighted by molar-refractivity contribution is 0.375. The summed E-state index contributed by atoms with van der Waals surface area (Å²) in [5.41, 5.74) is 2.11. The number of aryl methyl sites for hydroxylation is 2. The lowest BCUT2D eigenvalue weighted by Gasteiger charge is -2.07. The molecule has 0 amide bonds. The Labute approximate surface area is 132 Å². The molecule has 0 bridgehead atoms. The molecule has 0 saturated carbocycles. The van der Waals surface area contributed by atoms with E-state index in [0.717, 1.165) is 12.1 Å². The SMILES string of the molecule is CCc1noc(C(C)Sc2nnnn2-c2ccc(C)cc2)n1. The highest BCUT2D eigenvalue weighted by Crippen LogP contribution is 2.33. The van der Waals surface area contributed by atoms with E-state index >= 15 is 0 Å². The minimum absolute atomic E-state index is 0.0250. The van der Waals surface area contributed by atoms with Gasteiger partial charge in [0.1, 0.15) is 0 Å². The van der Waals surface area contributed by atoms with Gasteiger partial charge in [0, 0.05) is 6.42 Å². The Bertz CT molecular complexity index is 751. The summed E-state index contributed by atoms with van der Waals surface area (Å²) < 4.78 is 6.97. The molecule has 0 aliphatic rings. The van der Waals surface area contributed by atoms with Crippen molar-refractivity contribution in [3.8, 4) is 5.69 Å². The second kappa shape index (κ2) is 6.27. The van der Waals surface area contributed by atoms with Gasteiger partial charge in [-0.3, -0.25) is 0 Å². The summed E-state index contributed by atoms with van der Waals surface area (Å²) in [6.45, 7) is 6.03. The van der Waals surface area contributed by atoms with Crippen molar-refractivity contribution in [3.05, 3.63) is 41.5 Å². The molecule has 1 unspecified atom stereocenters. The standard InChI is InChI=1S/C14H16N6OS/c1-4-12-15-13(21-17-12)10(3)22-14-16-18-19-20(14)11-7-5-9(2)6-8-11/h5-8,10H,4H2,1-3H3. The number of aromatic nitrogens is 6. The minimum Gasteiger partial charge on any atom is -0.338 e. The lowest BCUT2D eigenvalue weighted by atomic mass is 10.2. The maximum Gasteiger partial charge on any atom is 0.239 e. The van der Waals surface area contributed by atoms with Crippen LogP contribution in [0.3, 0.4) is 0 Å². The predicted molar refractivity (Wildman–Crippen MR) is 81.8 cm³/mol. The molecule has 7 nitrogen and oxygen atoms in total. The summed E-state index contributed by atoms with van der Waals surface area (Å²) in [6, 6.07) is 8.03. The van der Waals surface area contributed by atoms with Gasteiger partial charge in [-0.1, -0.05) is 41.5 Å². The van der Waals surface area contributed by atoms with Crippen molar-refractivity contribution in [2.24, 2.45) is 0 Å². The Morgan fingerprint density at radius 2 is 2.05 bits per heavy atom. The molecule has 2 heterocycles. The van der Waals surface area contributed by atoms with Gasteiger partial charge < -0.3 is 4.52 Å². The Balaban J connectivity index is 1.81. The number of thioether (sulfide) groups is 1. The Morgan fingerprint density at radius 1 is 1.27 bits per heavy atom. The van der Waals surface area contributed by atoms with E-state index in [1.807, 2.05) is 45.0 Å². The van der Waals surface area contributed by atoms with Crippen molar-refractivity contribution >= 4 is 11.8 Å². The molecule has 114 valence electrons. The number of hydrogen-bond donors (Lipinski definition) is 0. The molecule has 22 heavy (non-hydrogen) atoms. The molecule has 8 heteroatoms. The fraction of sp³-hybridized carbons (Fsp3) is 0.357. The van der Waals surface area contributed by atoms with Gasteiger partial charge in [-0.05, 0) is 36.4 Å². The van der Waals surface area contributed by atoms with E-state index < -0.39 is 0 Å². The zero-order valence-corrected chi connectivity index (χ0v) is 13.4. The average Bonchev–Trinajstić information content (AvgIpc) is 3.17. The zero-order valence-electron chi connectivity index (χ0n) is 12.6. The fourth-order valence-electron chi connectivity index (χ4n) is 1.89. The maximum atomic E-state index is 5.27. The smallest absolute Gasteiger partial charge is 0.239 e. The number of nitrogens with zero attached hydrogens (tertiary/aromatic N) is 6. The molecule has 0 aliphatic carbocycles. The monoisotopic (exact) mass is 316 g/mol. The Kier molecular flexibility index (Phi) is 4.19. The van der Waals surface area contributed by atoms with Crippen LogP contribution in [0.5, 0.6) is 0 Å². The van der Waals surface area contributed by atoms with Crippen LogP contribution in [0, 0.1) is 6.92 Å². The molecule has 0 radical (unpaired) electrons. The van der Waals surface area contributed by atoms with Gasteiger partial charge in [0.05, 0.1) is 10.9 Å². The molecule has 0 N–H and O–H groups in total. The van der Waals surface area contributed by atoms with Crippen LogP contribution in [0.15, 0.2) is 33.9 Å². The van der Waals surface area contributed by atoms with E-state index in [1.165, 1.54) is 17.3 Å². The van der Waals surface area contributed by atoms with Crippen LogP contribution in [0.1, 0.15) is 36.4 Å². The van der Waals surface area contributed by atoms with Crippen LogP contribution >= 0.6 is 11.8 Å². The summed E-state index contributed by atoms with van der Waals surface area (Å²) in [5, 5.41) is 16.5. The first-order valence-electron chi connectivity index (χ1n) is 7.02. The third kappa shape index (κ3) is 3.01. The predicted octanol–water partition coefficient (Wildman–Crippen LogP) is 2.77. The lowest BCUT2D eigenvalue weighted by Crippen LogP contribution is -2.00. The zero-order chi connectivity index (χ0) is 15.5. The first-order chi connectivity index (χ1) is 10.7. The topological polar surface area (TPSA) is 82.5 Å². The van der Waals surface area contributed by atoms with Gasteiger partial charge in [-0.25, -0.2) is 0 Å². The maximum absolute atomic E-state index is 5.27. The molecule has 0 aliphatic heterocycles. The summed E-state index contributed by atoms with van der Waals surface area (Å²) >= 11 is 1.48. The van der Waals surface area contributed by atoms with Crippen LogP contribution in [-0.2, 0) is 6.42 Å². The highest BCUT2D eigenvalue weighted by atomic mass is 32.2. The molecule has 3 aromatic rings. The van der Waals surface area contributed by atoms with Gasteiger partial charge in [0.15, 0.2) is 5.82 Å². The molecule has 0 fully saturated rings. The van der Waals surface area contributed by atoms with Gasteiger partial charge in [0.2, 0.25) is 11.0 Å². The summed E-state index contributed by atoms with van der Waals surface area (Å²) in [7, 11) is 0. The third-order valence-electron chi connectivity index (χ3n) is 3.15. The van der Waals surface area contributed by atoms with Crippen LogP contribution in [0.2, 0.25) is 0 Å². The van der Waals surface area contributed by atoms with Crippen molar-refractivity contribution in [1.82, 2.24) is 30.3 Å². The second-order valence-electron chi connectivity index (χ2n) is 4.87. The molecule has 3 rings (SSSR count). The van der Waals surface area contributed by atoms with Crippen LogP contribution < -0.4 is 0 Å². The summed E-state index contributed by atoms with van der Waals surface area (Å²) in [5.74, 6) is 1.29. The van der Waals surface area contributed by atoms with Gasteiger partial charge in [-0.15, -0.1) is 5.10 Å². The van der Waals surface area contributed by atoms with Crippen molar-refractivity contribution in [1.29, 1.82) is 0 Å². The number of hydrogen-bond acceptors (Lipinski definition) is 7. The first kappa shape index (κ1) is 14.7. The highest BCUT2D eigenvalue weighted by Gasteiger charge is 2.19. The molecular weight excluding hydrogens is 300 g/mol. The van der Waals surface area contributed by atoms with Crippen molar-refractivity contribution in [3.63, 3.8) is 0 Å². The number of tetrazole rings is 1. The number of benzene rings is 1. The first-order valence-corrected chi connectivity index (χ1v) is 7.90. The summed E-state index contributed by atoms with van der Waals surface area (Å²) in [4.78, 5) is 4.35. The molecule has 0 saturated heterocycles. The quantitative estimate of drug-likeness (QED) is 0.669. The molecule has 2 aromatic heterocycles. The minimum atomic E-state index is -0.0250. The summed E-state index contributed by atoms with van der Waals surface area (Å²) in [6.07, 6.45) is 0.752. The number of rotatable bonds is 5. The molecule has 0 spiro atoms. The van der Waals surface area contributed by atoms with Gasteiger partial charge in [-0.2, -0.15) is 9.67 Å². The molecule has 1 aromatic carbocycles. The largest absolute Gasteiger partial charge is 0.338 e. The van der Waals surface area contributed by atoms with E-state index in [-0.39, 0.29) is 5.25 Å². The van der Waals surface area contributed by atoms with Crippen LogP contribution in [0.4, 0.5) is 0 Å². The molecular formula is C14H16N6OS. The van der Waals surface area contributed by atoms with E-state index in [0.29, 0.717) is 16.9 Å². The van der Waals surface area contributed by atoms with Crippen molar-refractivity contribution < 1.29 is 4.52 Å². The fourth-order valence-corrected chi connectivity index (χ4v) is 2.72.